The highest BCUT2D eigenvalue weighted by molar-refractivity contribution is 7.44. The minimum Gasteiger partial charge on any atom is -0.370 e. The highest BCUT2D eigenvalue weighted by atomic mass is 31.2. The summed E-state index contributed by atoms with van der Waals surface area (Å²) in [6, 6.07) is 0.489. The van der Waals surface area contributed by atoms with Crippen LogP contribution in [-0.4, -0.2) is 60.9 Å². The third kappa shape index (κ3) is 4.04. The summed E-state index contributed by atoms with van der Waals surface area (Å²) in [5.41, 5.74) is -0.714. The first-order valence-corrected chi connectivity index (χ1v) is 9.35. The van der Waals surface area contributed by atoms with Crippen molar-refractivity contribution in [2.24, 2.45) is 0 Å². The van der Waals surface area contributed by atoms with Crippen LogP contribution in [0, 0.1) is 6.57 Å². The van der Waals surface area contributed by atoms with Crippen LogP contribution in [0.3, 0.4) is 0 Å². The normalized spacial score (nSPS) is 33.3. The van der Waals surface area contributed by atoms with Crippen LogP contribution in [0.2, 0.25) is 0 Å². The Morgan fingerprint density at radius 2 is 2.13 bits per heavy atom. The predicted octanol–water partition coefficient (Wildman–Crippen LogP) is 3.23. The van der Waals surface area contributed by atoms with Crippen LogP contribution < -0.4 is 0 Å². The van der Waals surface area contributed by atoms with Crippen molar-refractivity contribution >= 4 is 8.53 Å². The minimum absolute atomic E-state index is 0.145. The van der Waals surface area contributed by atoms with Crippen molar-refractivity contribution in [2.45, 2.75) is 70.9 Å². The molecule has 0 amide bonds. The van der Waals surface area contributed by atoms with E-state index in [0.717, 1.165) is 0 Å². The van der Waals surface area contributed by atoms with E-state index < -0.39 is 20.5 Å². The second kappa shape index (κ2) is 8.20. The third-order valence-corrected chi connectivity index (χ3v) is 6.31. The summed E-state index contributed by atoms with van der Waals surface area (Å²) in [5.74, 6) is 0. The summed E-state index contributed by atoms with van der Waals surface area (Å²) < 4.78 is 34.4. The Labute approximate surface area is 142 Å². The lowest BCUT2D eigenvalue weighted by Gasteiger charge is -2.38. The molecule has 0 aromatic heterocycles. The SMILES string of the molecule is [2H][C@@H](C)[C@@]12CO[C@@H](CO1)[C@@H]2OP(OCC[N+]#[C-])N(C(C)C)C(C)C. The fourth-order valence-corrected chi connectivity index (χ4v) is 4.90. The number of rotatable bonds is 9. The highest BCUT2D eigenvalue weighted by Gasteiger charge is 2.58. The van der Waals surface area contributed by atoms with E-state index in [-0.39, 0.29) is 24.3 Å². The molecule has 0 aromatic carbocycles. The molecule has 23 heavy (non-hydrogen) atoms. The monoisotopic (exact) mass is 345 g/mol. The molecule has 7 heteroatoms. The highest BCUT2D eigenvalue weighted by Crippen LogP contribution is 2.52. The topological polar surface area (TPSA) is 44.5 Å². The predicted molar refractivity (Wildman–Crippen MR) is 90.0 cm³/mol. The zero-order valence-corrected chi connectivity index (χ0v) is 15.6. The van der Waals surface area contributed by atoms with Gasteiger partial charge >= 0.3 is 0 Å². The van der Waals surface area contributed by atoms with Gasteiger partial charge in [0.15, 0.2) is 0 Å². The van der Waals surface area contributed by atoms with Crippen molar-refractivity contribution in [3.63, 3.8) is 0 Å². The van der Waals surface area contributed by atoms with Gasteiger partial charge in [-0.3, -0.25) is 0 Å². The van der Waals surface area contributed by atoms with Crippen molar-refractivity contribution in [1.29, 1.82) is 0 Å². The van der Waals surface area contributed by atoms with Gasteiger partial charge in [0.05, 0.1) is 13.2 Å². The van der Waals surface area contributed by atoms with E-state index in [4.69, 9.17) is 26.5 Å². The molecule has 0 radical (unpaired) electrons. The number of hydrogen-bond acceptors (Lipinski definition) is 5. The molecule has 0 spiro atoms. The van der Waals surface area contributed by atoms with Crippen LogP contribution in [-0.2, 0) is 18.5 Å². The first-order valence-electron chi connectivity index (χ1n) is 8.80. The number of hydrogen-bond donors (Lipinski definition) is 0. The van der Waals surface area contributed by atoms with Crippen LogP contribution in [0.5, 0.6) is 0 Å². The Balaban J connectivity index is 2.17. The molecule has 2 saturated heterocycles. The lowest BCUT2D eigenvalue weighted by Crippen LogP contribution is -2.42. The fourth-order valence-electron chi connectivity index (χ4n) is 3.09. The summed E-state index contributed by atoms with van der Waals surface area (Å²) in [7, 11) is -1.35. The molecule has 132 valence electrons. The molecule has 2 heterocycles. The van der Waals surface area contributed by atoms with Crippen LogP contribution in [0.15, 0.2) is 0 Å². The summed E-state index contributed by atoms with van der Waals surface area (Å²) in [5, 5.41) is 0. The van der Waals surface area contributed by atoms with Crippen molar-refractivity contribution in [2.75, 3.05) is 26.4 Å². The molecule has 0 aromatic rings. The van der Waals surface area contributed by atoms with Gasteiger partial charge < -0.3 is 23.4 Å². The van der Waals surface area contributed by atoms with E-state index in [1.165, 1.54) is 0 Å². The molecule has 2 rings (SSSR count). The van der Waals surface area contributed by atoms with Gasteiger partial charge in [0.2, 0.25) is 6.54 Å². The van der Waals surface area contributed by atoms with E-state index >= 15 is 0 Å². The molecule has 2 fully saturated rings. The number of nitrogens with zero attached hydrogens (tertiary/aromatic N) is 2. The van der Waals surface area contributed by atoms with Crippen molar-refractivity contribution in [3.8, 4) is 0 Å². The molecule has 5 atom stereocenters. The lowest BCUT2D eigenvalue weighted by molar-refractivity contribution is -0.101. The zero-order valence-electron chi connectivity index (χ0n) is 15.7. The van der Waals surface area contributed by atoms with Gasteiger partial charge in [0, 0.05) is 13.5 Å². The Hall–Kier alpha value is -0.280. The maximum atomic E-state index is 8.20. The summed E-state index contributed by atoms with van der Waals surface area (Å²) in [6.45, 7) is 18.7. The molecule has 0 N–H and O–H groups in total. The average molecular weight is 345 g/mol. The smallest absolute Gasteiger partial charge is 0.259 e. The summed E-state index contributed by atoms with van der Waals surface area (Å²) in [4.78, 5) is 3.35. The lowest BCUT2D eigenvalue weighted by atomic mass is 9.97. The van der Waals surface area contributed by atoms with Crippen LogP contribution >= 0.6 is 8.53 Å². The van der Waals surface area contributed by atoms with Crippen LogP contribution in [0.4, 0.5) is 0 Å². The quantitative estimate of drug-likeness (QED) is 0.365. The van der Waals surface area contributed by atoms with Gasteiger partial charge in [-0.25, -0.2) is 11.2 Å². The van der Waals surface area contributed by atoms with E-state index in [2.05, 4.69) is 37.2 Å². The maximum absolute atomic E-state index is 8.20. The van der Waals surface area contributed by atoms with Crippen molar-refractivity contribution in [3.05, 3.63) is 11.4 Å². The zero-order chi connectivity index (χ0) is 17.9. The molecule has 0 saturated carbocycles. The first-order chi connectivity index (χ1) is 11.3. The Morgan fingerprint density at radius 1 is 1.43 bits per heavy atom. The second-order valence-electron chi connectivity index (χ2n) is 6.45. The van der Waals surface area contributed by atoms with E-state index in [1.807, 2.05) is 6.92 Å². The molecule has 6 nitrogen and oxygen atoms in total. The van der Waals surface area contributed by atoms with Gasteiger partial charge in [-0.15, -0.1) is 0 Å². The average Bonchev–Trinajstić information content (AvgIpc) is 3.03. The maximum Gasteiger partial charge on any atom is 0.259 e. The Bertz CT molecular complexity index is 442. The molecule has 2 bridgehead atoms. The van der Waals surface area contributed by atoms with E-state index in [9.17, 15) is 0 Å². The summed E-state index contributed by atoms with van der Waals surface area (Å²) in [6.07, 6.45) is -0.890. The first kappa shape index (κ1) is 17.5. The Morgan fingerprint density at radius 3 is 2.61 bits per heavy atom. The minimum atomic E-state index is -1.35. The fraction of sp³-hybridized carbons (Fsp3) is 0.938. The number of ether oxygens (including phenoxy) is 2. The molecular formula is C16H29N2O4P. The van der Waals surface area contributed by atoms with Gasteiger partial charge in [0.1, 0.15) is 24.4 Å². The van der Waals surface area contributed by atoms with Crippen LogP contribution in [0.1, 0.15) is 42.4 Å². The third-order valence-electron chi connectivity index (χ3n) is 4.20. The van der Waals surface area contributed by atoms with Crippen molar-refractivity contribution < 1.29 is 19.9 Å². The van der Waals surface area contributed by atoms with Gasteiger partial charge in [-0.2, -0.15) is 0 Å². The standard InChI is InChI=1S/C16H29N2O4P/c1-7-16-11-19-14(10-20-16)15(16)22-23(21-9-8-17-6)18(12(2)3)13(4)5/h12-15H,7-11H2,1-5H3/t14-,15-,16-,23?/m0/s1/i7D/t7-,14-,15-,16-,23?. The molecule has 1 unspecified atom stereocenters. The second-order valence-corrected chi connectivity index (χ2v) is 7.86. The van der Waals surface area contributed by atoms with E-state index in [1.54, 1.807) is 0 Å². The van der Waals surface area contributed by atoms with Crippen molar-refractivity contribution in [1.82, 2.24) is 4.67 Å². The largest absolute Gasteiger partial charge is 0.370 e. The number of fused-ring (bicyclic) bond motifs is 2. The molecule has 2 aliphatic heterocycles. The van der Waals surface area contributed by atoms with Gasteiger partial charge in [0.25, 0.3) is 8.53 Å². The Kier molecular flexibility index (Phi) is 6.25. The molecular weight excluding hydrogens is 315 g/mol. The molecule has 2 aliphatic rings. The summed E-state index contributed by atoms with van der Waals surface area (Å²) >= 11 is 0. The van der Waals surface area contributed by atoms with Gasteiger partial charge in [-0.05, 0) is 34.1 Å². The molecule has 0 aliphatic carbocycles. The van der Waals surface area contributed by atoms with E-state index in [0.29, 0.717) is 26.4 Å². The van der Waals surface area contributed by atoms with Crippen LogP contribution in [0.25, 0.3) is 4.85 Å². The van der Waals surface area contributed by atoms with Gasteiger partial charge in [-0.1, -0.05) is 6.92 Å².